The van der Waals surface area contributed by atoms with Gasteiger partial charge < -0.3 is 10.2 Å². The summed E-state index contributed by atoms with van der Waals surface area (Å²) in [7, 11) is 0. The van der Waals surface area contributed by atoms with Gasteiger partial charge in [-0.3, -0.25) is 9.59 Å². The maximum atomic E-state index is 14.3. The van der Waals surface area contributed by atoms with Crippen molar-refractivity contribution in [3.63, 3.8) is 0 Å². The molecule has 0 atom stereocenters. The molecule has 0 amide bonds. The molecule has 328 valence electrons. The van der Waals surface area contributed by atoms with Crippen LogP contribution in [-0.4, -0.2) is 109 Å². The summed E-state index contributed by atoms with van der Waals surface area (Å²) in [6, 6.07) is 0. The Morgan fingerprint density at radius 3 is 0.764 bits per heavy atom. The van der Waals surface area contributed by atoms with E-state index in [-0.39, 0.29) is 0 Å². The molecule has 0 unspecified atom stereocenters. The summed E-state index contributed by atoms with van der Waals surface area (Å²) in [6.07, 6.45) is -27.4. The SMILES string of the molecule is O=C(O)CCC(CCC(=O)O)(SCCC(F)(F)C(F)(F)C(F)(F)C(F)(F)C(F)(F)C(F)(F)F)SCCC(F)(F)C(F)(F)C(F)(F)C(F)(F)C(F)(F)C(F)(F)F. The number of hydrogen-bond acceptors (Lipinski definition) is 4. The Kier molecular flexibility index (Phi) is 15.2. The largest absolute Gasteiger partial charge is 0.481 e. The lowest BCUT2D eigenvalue weighted by molar-refractivity contribution is -0.439. The van der Waals surface area contributed by atoms with Crippen LogP contribution < -0.4 is 0 Å². The predicted molar refractivity (Wildman–Crippen MR) is 132 cm³/mol. The van der Waals surface area contributed by atoms with Gasteiger partial charge in [0.05, 0.1) is 4.08 Å². The minimum atomic E-state index is -8.35. The molecule has 4 nitrogen and oxygen atoms in total. The molecule has 2 N–H and O–H groups in total. The summed E-state index contributed by atoms with van der Waals surface area (Å²) in [5.74, 6) is -87.3. The minimum absolute atomic E-state index is 0.664. The topological polar surface area (TPSA) is 74.6 Å². The Bertz CT molecular complexity index is 1240. The van der Waals surface area contributed by atoms with Crippen molar-refractivity contribution in [2.75, 3.05) is 11.5 Å². The monoisotopic (exact) mass is 916 g/mol. The maximum Gasteiger partial charge on any atom is 0.460 e. The van der Waals surface area contributed by atoms with Crippen molar-refractivity contribution in [1.82, 2.24) is 0 Å². The molecule has 0 aromatic carbocycles. The third-order valence-electron chi connectivity index (χ3n) is 7.00. The summed E-state index contributed by atoms with van der Waals surface area (Å²) in [5, 5.41) is 17.8. The fourth-order valence-electron chi connectivity index (χ4n) is 3.70. The van der Waals surface area contributed by atoms with Crippen LogP contribution in [0.15, 0.2) is 0 Å². The number of thioether (sulfide) groups is 2. The first-order chi connectivity index (χ1) is 23.7. The zero-order chi connectivity index (χ0) is 44.7. The van der Waals surface area contributed by atoms with Gasteiger partial charge in [0.2, 0.25) is 0 Å². The van der Waals surface area contributed by atoms with E-state index in [2.05, 4.69) is 0 Å². The van der Waals surface area contributed by atoms with Crippen molar-refractivity contribution in [3.8, 4) is 0 Å². The molecule has 0 rings (SSSR count). The summed E-state index contributed by atoms with van der Waals surface area (Å²) in [6.45, 7) is 0. The molecule has 0 aliphatic rings. The van der Waals surface area contributed by atoms with Crippen LogP contribution in [0.4, 0.5) is 114 Å². The van der Waals surface area contributed by atoms with Crippen LogP contribution in [0.2, 0.25) is 0 Å². The Morgan fingerprint density at radius 2 is 0.564 bits per heavy atom. The van der Waals surface area contributed by atoms with Gasteiger partial charge in [-0.2, -0.15) is 114 Å². The second-order valence-corrected chi connectivity index (χ2v) is 14.1. The van der Waals surface area contributed by atoms with Gasteiger partial charge in [0.15, 0.2) is 0 Å². The quantitative estimate of drug-likeness (QED) is 0.0833. The van der Waals surface area contributed by atoms with Crippen molar-refractivity contribution in [2.24, 2.45) is 0 Å². The normalized spacial score (nSPS) is 15.7. The van der Waals surface area contributed by atoms with Crippen LogP contribution in [0.25, 0.3) is 0 Å². The average Bonchev–Trinajstić information content (AvgIpc) is 2.96. The van der Waals surface area contributed by atoms with E-state index in [4.69, 9.17) is 10.2 Å². The second-order valence-electron chi connectivity index (χ2n) is 10.9. The van der Waals surface area contributed by atoms with Gasteiger partial charge in [0.25, 0.3) is 0 Å². The second kappa shape index (κ2) is 15.9. The van der Waals surface area contributed by atoms with Crippen molar-refractivity contribution in [2.45, 2.75) is 114 Å². The molecular formula is C23H18F26O4S2. The molecule has 0 aliphatic heterocycles. The zero-order valence-electron chi connectivity index (χ0n) is 25.5. The van der Waals surface area contributed by atoms with Gasteiger partial charge in [-0.1, -0.05) is 0 Å². The standard InChI is InChI=1S/C23H18F26O4S2/c24-12(25,14(28,29)16(32,33)18(36,37)20(40,41)22(44,45)46)5-7-54-11(3-1-9(50)51,4-2-10(52)53)55-8-6-13(26,27)15(30,31)17(34,35)19(38,39)21(42,43)23(47,48)49/h1-8H2,(H,50,51)(H,52,53). The summed E-state index contributed by atoms with van der Waals surface area (Å²) in [5.41, 5.74) is 0. The Balaban J connectivity index is 6.74. The molecule has 0 saturated heterocycles. The molecule has 0 aliphatic carbocycles. The molecule has 55 heavy (non-hydrogen) atoms. The van der Waals surface area contributed by atoms with Crippen LogP contribution in [0.1, 0.15) is 38.5 Å². The molecular weight excluding hydrogens is 898 g/mol. The molecule has 0 bridgehead atoms. The number of alkyl halides is 26. The minimum Gasteiger partial charge on any atom is -0.481 e. The number of carboxylic acid groups (broad SMARTS) is 2. The highest BCUT2D eigenvalue weighted by molar-refractivity contribution is 8.18. The molecule has 32 heteroatoms. The predicted octanol–water partition coefficient (Wildman–Crippen LogP) is 11.1. The zero-order valence-corrected chi connectivity index (χ0v) is 27.1. The highest BCUT2D eigenvalue weighted by Gasteiger charge is 2.92. The molecule has 0 aromatic rings. The first-order valence-electron chi connectivity index (χ1n) is 13.4. The summed E-state index contributed by atoms with van der Waals surface area (Å²) >= 11 is -1.33. The number of hydrogen-bond donors (Lipinski definition) is 2. The van der Waals surface area contributed by atoms with E-state index in [9.17, 15) is 124 Å². The van der Waals surface area contributed by atoms with E-state index < -0.39 is 161 Å². The van der Waals surface area contributed by atoms with Gasteiger partial charge >= 0.3 is 83.5 Å². The van der Waals surface area contributed by atoms with Crippen molar-refractivity contribution in [3.05, 3.63) is 0 Å². The van der Waals surface area contributed by atoms with E-state index in [0.29, 0.717) is 0 Å². The van der Waals surface area contributed by atoms with Crippen molar-refractivity contribution >= 4 is 35.5 Å². The fourth-order valence-corrected chi connectivity index (χ4v) is 6.98. The Labute approximate surface area is 295 Å². The van der Waals surface area contributed by atoms with Crippen LogP contribution in [0, 0.1) is 0 Å². The van der Waals surface area contributed by atoms with E-state index in [1.54, 1.807) is 0 Å². The number of aliphatic carboxylic acids is 2. The molecule has 0 radical (unpaired) electrons. The lowest BCUT2D eigenvalue weighted by atomic mass is 9.93. The third-order valence-corrected chi connectivity index (χ3v) is 10.4. The van der Waals surface area contributed by atoms with Gasteiger partial charge in [0, 0.05) is 37.2 Å². The first kappa shape index (κ1) is 52.8. The highest BCUT2D eigenvalue weighted by atomic mass is 32.2. The van der Waals surface area contributed by atoms with Gasteiger partial charge in [-0.05, 0) is 12.8 Å². The molecule has 0 saturated carbocycles. The summed E-state index contributed by atoms with van der Waals surface area (Å²) < 4.78 is 345. The van der Waals surface area contributed by atoms with E-state index >= 15 is 0 Å². The van der Waals surface area contributed by atoms with Gasteiger partial charge in [-0.25, -0.2) is 0 Å². The Hall–Kier alpha value is -2.18. The van der Waals surface area contributed by atoms with Crippen LogP contribution >= 0.6 is 23.5 Å². The van der Waals surface area contributed by atoms with Crippen LogP contribution in [0.5, 0.6) is 0 Å². The number of carbonyl (C=O) groups is 2. The van der Waals surface area contributed by atoms with Gasteiger partial charge in [-0.15, -0.1) is 23.5 Å². The van der Waals surface area contributed by atoms with Crippen molar-refractivity contribution < 1.29 is 134 Å². The molecule has 0 heterocycles. The molecule has 0 spiro atoms. The number of carboxylic acids is 2. The lowest BCUT2D eigenvalue weighted by Gasteiger charge is -2.40. The average molecular weight is 916 g/mol. The lowest BCUT2D eigenvalue weighted by Crippen LogP contribution is -2.70. The number of halogens is 26. The fraction of sp³-hybridized carbons (Fsp3) is 0.913. The van der Waals surface area contributed by atoms with Crippen LogP contribution in [0.3, 0.4) is 0 Å². The van der Waals surface area contributed by atoms with E-state index in [0.717, 1.165) is 0 Å². The highest BCUT2D eigenvalue weighted by Crippen LogP contribution is 2.63. The Morgan fingerprint density at radius 1 is 0.345 bits per heavy atom. The summed E-state index contributed by atoms with van der Waals surface area (Å²) in [4.78, 5) is 22.1. The smallest absolute Gasteiger partial charge is 0.460 e. The maximum absolute atomic E-state index is 14.3. The first-order valence-corrected chi connectivity index (χ1v) is 15.3. The van der Waals surface area contributed by atoms with Gasteiger partial charge in [0.1, 0.15) is 0 Å². The third kappa shape index (κ3) is 9.59. The number of rotatable bonds is 22. The van der Waals surface area contributed by atoms with Crippen molar-refractivity contribution in [1.29, 1.82) is 0 Å². The van der Waals surface area contributed by atoms with Crippen LogP contribution in [-0.2, 0) is 9.59 Å². The van der Waals surface area contributed by atoms with E-state index in [1.165, 1.54) is 0 Å². The van der Waals surface area contributed by atoms with E-state index in [1.807, 2.05) is 0 Å². The molecule has 0 fully saturated rings. The molecule has 0 aromatic heterocycles.